The van der Waals surface area contributed by atoms with Crippen LogP contribution in [0.15, 0.2) is 5.38 Å². The number of nitrogens with one attached hydrogen (secondary N) is 1. The molecule has 0 radical (unpaired) electrons. The Morgan fingerprint density at radius 2 is 2.36 bits per heavy atom. The standard InChI is InChI=1S/C6H10ClN3O2S2/c7-5-4-13-6(10-5)9-2-1-3-14(8,11)12/h4H,1-3H2,(H,9,10)(H2,8,11,12). The van der Waals surface area contributed by atoms with Gasteiger partial charge in [-0.25, -0.2) is 18.5 Å². The first kappa shape index (κ1) is 11.7. The molecular weight excluding hydrogens is 246 g/mol. The van der Waals surface area contributed by atoms with Crippen LogP contribution in [0.3, 0.4) is 0 Å². The van der Waals surface area contributed by atoms with Crippen molar-refractivity contribution in [2.45, 2.75) is 6.42 Å². The molecule has 1 heterocycles. The molecule has 14 heavy (non-hydrogen) atoms. The van der Waals surface area contributed by atoms with E-state index in [1.54, 1.807) is 5.38 Å². The number of aromatic nitrogens is 1. The average molecular weight is 256 g/mol. The van der Waals surface area contributed by atoms with Crippen molar-refractivity contribution in [1.82, 2.24) is 4.98 Å². The first-order valence-electron chi connectivity index (χ1n) is 3.83. The molecule has 0 aliphatic carbocycles. The van der Waals surface area contributed by atoms with Crippen LogP contribution in [0.5, 0.6) is 0 Å². The Balaban J connectivity index is 2.23. The molecule has 5 nitrogen and oxygen atoms in total. The van der Waals surface area contributed by atoms with Crippen LogP contribution in [0.25, 0.3) is 0 Å². The highest BCUT2D eigenvalue weighted by Crippen LogP contribution is 2.18. The van der Waals surface area contributed by atoms with Gasteiger partial charge >= 0.3 is 0 Å². The van der Waals surface area contributed by atoms with E-state index in [4.69, 9.17) is 16.7 Å². The van der Waals surface area contributed by atoms with Crippen LogP contribution >= 0.6 is 22.9 Å². The van der Waals surface area contributed by atoms with Gasteiger partial charge in [0.15, 0.2) is 5.13 Å². The molecule has 0 aliphatic rings. The third kappa shape index (κ3) is 4.75. The first-order valence-corrected chi connectivity index (χ1v) is 6.80. The molecule has 0 spiro atoms. The van der Waals surface area contributed by atoms with Crippen LogP contribution < -0.4 is 10.5 Å². The minimum absolute atomic E-state index is 0.0287. The number of rotatable bonds is 5. The van der Waals surface area contributed by atoms with Crippen molar-refractivity contribution in [2.24, 2.45) is 5.14 Å². The molecule has 0 saturated carbocycles. The highest BCUT2D eigenvalue weighted by Gasteiger charge is 2.02. The number of nitrogens with two attached hydrogens (primary N) is 1. The molecule has 1 aromatic rings. The zero-order chi connectivity index (χ0) is 10.6. The predicted octanol–water partition coefficient (Wildman–Crippen LogP) is 0.887. The number of hydrogen-bond acceptors (Lipinski definition) is 5. The largest absolute Gasteiger partial charge is 0.361 e. The van der Waals surface area contributed by atoms with E-state index in [0.717, 1.165) is 0 Å². The van der Waals surface area contributed by atoms with Crippen molar-refractivity contribution < 1.29 is 8.42 Å². The van der Waals surface area contributed by atoms with Crippen LogP contribution in [0.2, 0.25) is 5.15 Å². The average Bonchev–Trinajstić information content (AvgIpc) is 2.44. The maximum Gasteiger partial charge on any atom is 0.209 e. The lowest BCUT2D eigenvalue weighted by atomic mass is 10.5. The number of anilines is 1. The summed E-state index contributed by atoms with van der Waals surface area (Å²) in [7, 11) is -3.36. The zero-order valence-corrected chi connectivity index (χ0v) is 9.62. The number of hydrogen-bond donors (Lipinski definition) is 2. The lowest BCUT2D eigenvalue weighted by Crippen LogP contribution is -2.18. The highest BCUT2D eigenvalue weighted by molar-refractivity contribution is 7.89. The topological polar surface area (TPSA) is 85.1 Å². The van der Waals surface area contributed by atoms with Gasteiger partial charge in [-0.15, -0.1) is 11.3 Å². The summed E-state index contributed by atoms with van der Waals surface area (Å²) in [5.74, 6) is -0.0287. The zero-order valence-electron chi connectivity index (χ0n) is 7.23. The van der Waals surface area contributed by atoms with Gasteiger partial charge in [0, 0.05) is 11.9 Å². The summed E-state index contributed by atoms with van der Waals surface area (Å²) in [6, 6.07) is 0. The lowest BCUT2D eigenvalue weighted by Gasteiger charge is -2.00. The first-order chi connectivity index (χ1) is 6.47. The highest BCUT2D eigenvalue weighted by atomic mass is 35.5. The number of thiazole rings is 1. The van der Waals surface area contributed by atoms with Crippen LogP contribution in [0, 0.1) is 0 Å². The van der Waals surface area contributed by atoms with Crippen molar-refractivity contribution in [3.05, 3.63) is 10.5 Å². The molecule has 0 unspecified atom stereocenters. The van der Waals surface area contributed by atoms with E-state index in [2.05, 4.69) is 10.3 Å². The second-order valence-electron chi connectivity index (χ2n) is 2.62. The fraction of sp³-hybridized carbons (Fsp3) is 0.500. The van der Waals surface area contributed by atoms with Gasteiger partial charge in [-0.05, 0) is 6.42 Å². The number of halogens is 1. The second-order valence-corrected chi connectivity index (χ2v) is 5.60. The fourth-order valence-corrected chi connectivity index (χ4v) is 2.22. The van der Waals surface area contributed by atoms with E-state index in [1.165, 1.54) is 11.3 Å². The SMILES string of the molecule is NS(=O)(=O)CCCNc1nc(Cl)cs1. The van der Waals surface area contributed by atoms with Crippen molar-refractivity contribution in [1.29, 1.82) is 0 Å². The smallest absolute Gasteiger partial charge is 0.209 e. The van der Waals surface area contributed by atoms with Crippen LogP contribution in [0.1, 0.15) is 6.42 Å². The van der Waals surface area contributed by atoms with Gasteiger partial charge in [0.2, 0.25) is 10.0 Å². The molecule has 0 aromatic carbocycles. The lowest BCUT2D eigenvalue weighted by molar-refractivity contribution is 0.596. The van der Waals surface area contributed by atoms with Crippen LogP contribution in [-0.4, -0.2) is 25.7 Å². The van der Waals surface area contributed by atoms with E-state index >= 15 is 0 Å². The van der Waals surface area contributed by atoms with Crippen molar-refractivity contribution in [3.8, 4) is 0 Å². The summed E-state index contributed by atoms with van der Waals surface area (Å²) in [6.45, 7) is 0.514. The molecule has 0 aliphatic heterocycles. The number of sulfonamides is 1. The second kappa shape index (κ2) is 4.92. The monoisotopic (exact) mass is 255 g/mol. The molecule has 1 rings (SSSR count). The molecule has 0 fully saturated rings. The maximum atomic E-state index is 10.6. The van der Waals surface area contributed by atoms with Gasteiger partial charge in [0.05, 0.1) is 5.75 Å². The van der Waals surface area contributed by atoms with Crippen LogP contribution in [-0.2, 0) is 10.0 Å². The number of nitrogens with zero attached hydrogens (tertiary/aromatic N) is 1. The van der Waals surface area contributed by atoms with Gasteiger partial charge in [-0.1, -0.05) is 11.6 Å². The van der Waals surface area contributed by atoms with Gasteiger partial charge in [-0.3, -0.25) is 0 Å². The van der Waals surface area contributed by atoms with E-state index in [1.807, 2.05) is 0 Å². The molecule has 0 atom stereocenters. The molecule has 1 aromatic heterocycles. The van der Waals surface area contributed by atoms with E-state index in [0.29, 0.717) is 23.3 Å². The molecule has 0 bridgehead atoms. The Morgan fingerprint density at radius 1 is 1.64 bits per heavy atom. The summed E-state index contributed by atoms with van der Waals surface area (Å²) in [5, 5.41) is 10.6. The summed E-state index contributed by atoms with van der Waals surface area (Å²) >= 11 is 6.96. The Labute approximate surface area is 91.3 Å². The van der Waals surface area contributed by atoms with Crippen molar-refractivity contribution >= 4 is 38.1 Å². The third-order valence-electron chi connectivity index (χ3n) is 1.36. The van der Waals surface area contributed by atoms with Gasteiger partial charge in [-0.2, -0.15) is 0 Å². The minimum Gasteiger partial charge on any atom is -0.361 e. The van der Waals surface area contributed by atoms with E-state index in [-0.39, 0.29) is 5.75 Å². The Bertz CT molecular complexity index is 390. The molecule has 80 valence electrons. The Kier molecular flexibility index (Phi) is 4.11. The summed E-state index contributed by atoms with van der Waals surface area (Å²) in [4.78, 5) is 3.94. The van der Waals surface area contributed by atoms with E-state index < -0.39 is 10.0 Å². The third-order valence-corrected chi connectivity index (χ3v) is 3.34. The summed E-state index contributed by atoms with van der Waals surface area (Å²) in [5.41, 5.74) is 0. The number of primary sulfonamides is 1. The van der Waals surface area contributed by atoms with Crippen LogP contribution in [0.4, 0.5) is 5.13 Å². The molecule has 3 N–H and O–H groups in total. The van der Waals surface area contributed by atoms with Gasteiger partial charge < -0.3 is 5.32 Å². The van der Waals surface area contributed by atoms with Gasteiger partial charge in [0.25, 0.3) is 0 Å². The van der Waals surface area contributed by atoms with Crippen molar-refractivity contribution in [3.63, 3.8) is 0 Å². The molecule has 0 amide bonds. The fourth-order valence-electron chi connectivity index (χ4n) is 0.804. The predicted molar refractivity (Wildman–Crippen MR) is 58.2 cm³/mol. The molecule has 8 heteroatoms. The minimum atomic E-state index is -3.36. The van der Waals surface area contributed by atoms with Gasteiger partial charge in [0.1, 0.15) is 5.15 Å². The Morgan fingerprint density at radius 3 is 2.86 bits per heavy atom. The summed E-state index contributed by atoms with van der Waals surface area (Å²) < 4.78 is 21.1. The quantitative estimate of drug-likeness (QED) is 0.765. The maximum absolute atomic E-state index is 10.6. The Hall–Kier alpha value is -0.370. The normalized spacial score (nSPS) is 11.6. The van der Waals surface area contributed by atoms with Crippen molar-refractivity contribution in [2.75, 3.05) is 17.6 Å². The van der Waals surface area contributed by atoms with E-state index in [9.17, 15) is 8.42 Å². The summed E-state index contributed by atoms with van der Waals surface area (Å²) in [6.07, 6.45) is 0.454. The molecular formula is C6H10ClN3O2S2. The molecule has 0 saturated heterocycles.